The topological polar surface area (TPSA) is 115 Å². The van der Waals surface area contributed by atoms with Gasteiger partial charge in [0.15, 0.2) is 0 Å². The molecule has 0 fully saturated rings. The normalized spacial score (nSPS) is 11.6. The molecule has 24 heavy (non-hydrogen) atoms. The number of benzene rings is 2. The lowest BCUT2D eigenvalue weighted by atomic mass is 10.1. The first-order chi connectivity index (χ1) is 11.3. The van der Waals surface area contributed by atoms with Gasteiger partial charge in [-0.3, -0.25) is 25.0 Å². The molecule has 0 heterocycles. The maximum atomic E-state index is 12.3. The van der Waals surface area contributed by atoms with Crippen molar-refractivity contribution in [3.63, 3.8) is 0 Å². The standard InChI is InChI=1S/C15H12ClN3O5/c1-9(10-2-4-12(16)5-3-10)17-15(20)11-6-13(18(21)22)8-14(7-11)19(23)24/h2-9H,1H3,(H,17,20)/t9-/m0/s1. The lowest BCUT2D eigenvalue weighted by molar-refractivity contribution is -0.394. The molecule has 0 saturated heterocycles. The van der Waals surface area contributed by atoms with Crippen LogP contribution in [0.5, 0.6) is 0 Å². The molecule has 124 valence electrons. The zero-order valence-electron chi connectivity index (χ0n) is 12.4. The van der Waals surface area contributed by atoms with Gasteiger partial charge in [0.1, 0.15) is 0 Å². The van der Waals surface area contributed by atoms with Crippen molar-refractivity contribution >= 4 is 28.9 Å². The lowest BCUT2D eigenvalue weighted by Crippen LogP contribution is -2.26. The Hall–Kier alpha value is -3.00. The molecule has 2 rings (SSSR count). The maximum Gasteiger partial charge on any atom is 0.277 e. The Labute approximate surface area is 141 Å². The van der Waals surface area contributed by atoms with Crippen molar-refractivity contribution in [2.24, 2.45) is 0 Å². The second-order valence-corrected chi connectivity index (χ2v) is 5.44. The number of carbonyl (C=O) groups excluding carboxylic acids is 1. The van der Waals surface area contributed by atoms with E-state index < -0.39 is 33.2 Å². The van der Waals surface area contributed by atoms with Crippen LogP contribution < -0.4 is 5.32 Å². The molecule has 0 aliphatic rings. The number of hydrogen-bond donors (Lipinski definition) is 1. The number of carbonyl (C=O) groups is 1. The summed E-state index contributed by atoms with van der Waals surface area (Å²) in [6, 6.07) is 9.17. The van der Waals surface area contributed by atoms with E-state index in [-0.39, 0.29) is 5.56 Å². The molecule has 2 aromatic rings. The summed E-state index contributed by atoms with van der Waals surface area (Å²) in [5.74, 6) is -0.649. The Morgan fingerprint density at radius 3 is 2.00 bits per heavy atom. The molecule has 0 aliphatic carbocycles. The molecule has 0 spiro atoms. The average Bonchev–Trinajstić information content (AvgIpc) is 2.54. The predicted molar refractivity (Wildman–Crippen MR) is 87.1 cm³/mol. The summed E-state index contributed by atoms with van der Waals surface area (Å²) in [7, 11) is 0. The number of nitro benzene ring substituents is 2. The molecular formula is C15H12ClN3O5. The molecule has 0 aromatic heterocycles. The largest absolute Gasteiger partial charge is 0.346 e. The SMILES string of the molecule is C[C@H](NC(=O)c1cc([N+](=O)[O-])cc([N+](=O)[O-])c1)c1ccc(Cl)cc1. The highest BCUT2D eigenvalue weighted by atomic mass is 35.5. The third-order valence-electron chi connectivity index (χ3n) is 3.30. The first-order valence-electron chi connectivity index (χ1n) is 6.78. The summed E-state index contributed by atoms with van der Waals surface area (Å²) < 4.78 is 0. The van der Waals surface area contributed by atoms with Crippen molar-refractivity contribution in [3.8, 4) is 0 Å². The average molecular weight is 350 g/mol. The van der Waals surface area contributed by atoms with Gasteiger partial charge >= 0.3 is 0 Å². The second-order valence-electron chi connectivity index (χ2n) is 5.00. The van der Waals surface area contributed by atoms with Crippen LogP contribution in [0.15, 0.2) is 42.5 Å². The molecule has 0 bridgehead atoms. The number of rotatable bonds is 5. The van der Waals surface area contributed by atoms with Gasteiger partial charge in [0, 0.05) is 17.2 Å². The highest BCUT2D eigenvalue weighted by molar-refractivity contribution is 6.30. The fourth-order valence-electron chi connectivity index (χ4n) is 2.05. The van der Waals surface area contributed by atoms with Crippen molar-refractivity contribution in [2.45, 2.75) is 13.0 Å². The maximum absolute atomic E-state index is 12.3. The fraction of sp³-hybridized carbons (Fsp3) is 0.133. The molecule has 9 heteroatoms. The molecule has 1 amide bonds. The number of hydrogen-bond acceptors (Lipinski definition) is 5. The predicted octanol–water partition coefficient (Wildman–Crippen LogP) is 3.65. The molecule has 0 unspecified atom stereocenters. The summed E-state index contributed by atoms with van der Waals surface area (Å²) in [4.78, 5) is 32.4. The first kappa shape index (κ1) is 17.4. The van der Waals surface area contributed by atoms with Crippen LogP contribution in [0.1, 0.15) is 28.9 Å². The molecule has 8 nitrogen and oxygen atoms in total. The molecule has 0 saturated carbocycles. The Morgan fingerprint density at radius 2 is 1.54 bits per heavy atom. The lowest BCUT2D eigenvalue weighted by Gasteiger charge is -2.14. The number of nitro groups is 2. The summed E-state index contributed by atoms with van der Waals surface area (Å²) in [5, 5.41) is 24.9. The van der Waals surface area contributed by atoms with Crippen LogP contribution in [0.4, 0.5) is 11.4 Å². The minimum Gasteiger partial charge on any atom is -0.346 e. The highest BCUT2D eigenvalue weighted by Crippen LogP contribution is 2.23. The van der Waals surface area contributed by atoms with E-state index in [1.807, 2.05) is 0 Å². The van der Waals surface area contributed by atoms with Gasteiger partial charge in [-0.05, 0) is 24.6 Å². The van der Waals surface area contributed by atoms with Crippen LogP contribution >= 0.6 is 11.6 Å². The van der Waals surface area contributed by atoms with E-state index in [0.717, 1.165) is 23.8 Å². The number of nitrogens with one attached hydrogen (secondary N) is 1. The minimum atomic E-state index is -0.785. The molecule has 0 radical (unpaired) electrons. The van der Waals surface area contributed by atoms with Crippen LogP contribution in [0.25, 0.3) is 0 Å². The Morgan fingerprint density at radius 1 is 1.04 bits per heavy atom. The highest BCUT2D eigenvalue weighted by Gasteiger charge is 2.21. The van der Waals surface area contributed by atoms with Crippen molar-refractivity contribution in [3.05, 3.63) is 78.8 Å². The van der Waals surface area contributed by atoms with Crippen molar-refractivity contribution in [1.82, 2.24) is 5.32 Å². The summed E-state index contributed by atoms with van der Waals surface area (Å²) in [6.07, 6.45) is 0. The second kappa shape index (κ2) is 7.05. The zero-order chi connectivity index (χ0) is 17.9. The fourth-order valence-corrected chi connectivity index (χ4v) is 2.18. The third kappa shape index (κ3) is 4.05. The Balaban J connectivity index is 2.27. The summed E-state index contributed by atoms with van der Waals surface area (Å²) in [5.41, 5.74) is -0.425. The number of nitrogens with zero attached hydrogens (tertiary/aromatic N) is 2. The van der Waals surface area contributed by atoms with Gasteiger partial charge in [0.2, 0.25) is 0 Å². The smallest absolute Gasteiger partial charge is 0.277 e. The van der Waals surface area contributed by atoms with Crippen LogP contribution in [-0.4, -0.2) is 15.8 Å². The van der Waals surface area contributed by atoms with E-state index in [1.165, 1.54) is 0 Å². The van der Waals surface area contributed by atoms with E-state index in [9.17, 15) is 25.0 Å². The Bertz CT molecular complexity index is 775. The van der Waals surface area contributed by atoms with E-state index >= 15 is 0 Å². The van der Waals surface area contributed by atoms with Crippen LogP contribution in [-0.2, 0) is 0 Å². The number of non-ortho nitro benzene ring substituents is 2. The molecule has 1 N–H and O–H groups in total. The van der Waals surface area contributed by atoms with Crippen LogP contribution in [0.3, 0.4) is 0 Å². The number of halogens is 1. The summed E-state index contributed by atoms with van der Waals surface area (Å²) >= 11 is 5.80. The van der Waals surface area contributed by atoms with Gasteiger partial charge in [0.25, 0.3) is 17.3 Å². The zero-order valence-corrected chi connectivity index (χ0v) is 13.2. The van der Waals surface area contributed by atoms with Gasteiger partial charge in [-0.15, -0.1) is 0 Å². The molecular weight excluding hydrogens is 338 g/mol. The van der Waals surface area contributed by atoms with Gasteiger partial charge in [-0.25, -0.2) is 0 Å². The van der Waals surface area contributed by atoms with Gasteiger partial charge in [0.05, 0.1) is 27.5 Å². The molecule has 2 aromatic carbocycles. The van der Waals surface area contributed by atoms with E-state index in [4.69, 9.17) is 11.6 Å². The van der Waals surface area contributed by atoms with Crippen LogP contribution in [0, 0.1) is 20.2 Å². The van der Waals surface area contributed by atoms with Crippen LogP contribution in [0.2, 0.25) is 5.02 Å². The van der Waals surface area contributed by atoms with Gasteiger partial charge in [-0.1, -0.05) is 23.7 Å². The van der Waals surface area contributed by atoms with E-state index in [2.05, 4.69) is 5.32 Å². The monoisotopic (exact) mass is 349 g/mol. The van der Waals surface area contributed by atoms with Gasteiger partial charge < -0.3 is 5.32 Å². The Kier molecular flexibility index (Phi) is 5.10. The van der Waals surface area contributed by atoms with Crippen molar-refractivity contribution in [1.29, 1.82) is 0 Å². The van der Waals surface area contributed by atoms with Crippen molar-refractivity contribution < 1.29 is 14.6 Å². The van der Waals surface area contributed by atoms with Gasteiger partial charge in [-0.2, -0.15) is 0 Å². The molecule has 1 atom stereocenters. The van der Waals surface area contributed by atoms with E-state index in [1.54, 1.807) is 31.2 Å². The quantitative estimate of drug-likeness (QED) is 0.653. The van der Waals surface area contributed by atoms with Crippen molar-refractivity contribution in [2.75, 3.05) is 0 Å². The minimum absolute atomic E-state index is 0.156. The molecule has 0 aliphatic heterocycles. The third-order valence-corrected chi connectivity index (χ3v) is 3.56. The first-order valence-corrected chi connectivity index (χ1v) is 7.16. The summed E-state index contributed by atoms with van der Waals surface area (Å²) in [6.45, 7) is 1.72. The number of amides is 1. The van der Waals surface area contributed by atoms with E-state index in [0.29, 0.717) is 5.02 Å².